The number of hydrogen-bond acceptors (Lipinski definition) is 4. The van der Waals surface area contributed by atoms with Crippen molar-refractivity contribution in [2.24, 2.45) is 0 Å². The van der Waals surface area contributed by atoms with Crippen molar-refractivity contribution in [2.75, 3.05) is 19.0 Å². The van der Waals surface area contributed by atoms with Gasteiger partial charge in [0.05, 0.1) is 23.8 Å². The van der Waals surface area contributed by atoms with Crippen molar-refractivity contribution < 1.29 is 9.53 Å². The first-order valence-corrected chi connectivity index (χ1v) is 5.23. The zero-order valence-corrected chi connectivity index (χ0v) is 9.91. The van der Waals surface area contributed by atoms with Crippen LogP contribution >= 0.6 is 0 Å². The average Bonchev–Trinajstić information content (AvgIpc) is 2.37. The van der Waals surface area contributed by atoms with Crippen molar-refractivity contribution in [3.63, 3.8) is 0 Å². The molecule has 0 amide bonds. The van der Waals surface area contributed by atoms with Crippen molar-refractivity contribution in [3.8, 4) is 6.07 Å². The lowest BCUT2D eigenvalue weighted by Gasteiger charge is -2.12. The Labute approximate surface area is 101 Å². The Bertz CT molecular complexity index is 487. The summed E-state index contributed by atoms with van der Waals surface area (Å²) in [6, 6.07) is 7.20. The fourth-order valence-electron chi connectivity index (χ4n) is 1.50. The lowest BCUT2D eigenvalue weighted by Crippen LogP contribution is -2.09. The van der Waals surface area contributed by atoms with E-state index in [-0.39, 0.29) is 12.2 Å². The Balaban J connectivity index is 3.24. The van der Waals surface area contributed by atoms with Gasteiger partial charge in [-0.1, -0.05) is 12.6 Å². The summed E-state index contributed by atoms with van der Waals surface area (Å²) in [4.78, 5) is 11.6. The lowest BCUT2D eigenvalue weighted by atomic mass is 9.99. The number of ether oxygens (including phenoxy) is 1. The van der Waals surface area contributed by atoms with Crippen molar-refractivity contribution in [1.82, 2.24) is 0 Å². The summed E-state index contributed by atoms with van der Waals surface area (Å²) < 4.78 is 4.88. The second kappa shape index (κ2) is 5.71. The van der Waals surface area contributed by atoms with E-state index in [0.29, 0.717) is 16.8 Å². The van der Waals surface area contributed by atoms with Crippen molar-refractivity contribution >= 4 is 17.2 Å². The molecule has 1 aromatic rings. The van der Waals surface area contributed by atoms with Gasteiger partial charge in [-0.3, -0.25) is 0 Å². The van der Waals surface area contributed by atoms with E-state index in [1.165, 1.54) is 0 Å². The van der Waals surface area contributed by atoms with Gasteiger partial charge in [0.25, 0.3) is 0 Å². The molecule has 0 fully saturated rings. The largest absolute Gasteiger partial charge is 0.462 e. The Kier molecular flexibility index (Phi) is 4.29. The summed E-state index contributed by atoms with van der Waals surface area (Å²) in [5.74, 6) is -0.508. The summed E-state index contributed by atoms with van der Waals surface area (Å²) in [6.07, 6.45) is 0. The van der Waals surface area contributed by atoms with E-state index in [4.69, 9.17) is 10.00 Å². The number of nitrogens with zero attached hydrogens (tertiary/aromatic N) is 1. The fourth-order valence-corrected chi connectivity index (χ4v) is 1.50. The van der Waals surface area contributed by atoms with E-state index in [0.717, 1.165) is 0 Å². The van der Waals surface area contributed by atoms with Crippen LogP contribution < -0.4 is 5.32 Å². The van der Waals surface area contributed by atoms with Crippen LogP contribution in [0, 0.1) is 11.3 Å². The molecule has 1 rings (SSSR count). The van der Waals surface area contributed by atoms with E-state index < -0.39 is 5.97 Å². The van der Waals surface area contributed by atoms with Crippen LogP contribution in [0.5, 0.6) is 0 Å². The number of nitriles is 1. The van der Waals surface area contributed by atoms with Gasteiger partial charge in [-0.25, -0.2) is 4.79 Å². The highest BCUT2D eigenvalue weighted by atomic mass is 16.5. The van der Waals surface area contributed by atoms with Crippen LogP contribution in [0.3, 0.4) is 0 Å². The predicted octanol–water partition coefficient (Wildman–Crippen LogP) is 2.18. The topological polar surface area (TPSA) is 62.1 Å². The first kappa shape index (κ1) is 12.8. The molecular formula is C13H14N2O2. The summed E-state index contributed by atoms with van der Waals surface area (Å²) in [5, 5.41) is 12.0. The third-order valence-corrected chi connectivity index (χ3v) is 2.28. The van der Waals surface area contributed by atoms with Gasteiger partial charge in [0.2, 0.25) is 0 Å². The molecule has 0 aliphatic heterocycles. The molecule has 1 N–H and O–H groups in total. The van der Waals surface area contributed by atoms with Gasteiger partial charge in [-0.05, 0) is 19.1 Å². The molecule has 0 unspecified atom stereocenters. The third-order valence-electron chi connectivity index (χ3n) is 2.28. The second-order valence-electron chi connectivity index (χ2n) is 3.29. The molecule has 1 aromatic carbocycles. The van der Waals surface area contributed by atoms with Crippen LogP contribution in [-0.2, 0) is 9.53 Å². The lowest BCUT2D eigenvalue weighted by molar-refractivity contribution is -0.136. The highest BCUT2D eigenvalue weighted by molar-refractivity contribution is 6.18. The number of benzene rings is 1. The van der Waals surface area contributed by atoms with Crippen molar-refractivity contribution in [1.29, 1.82) is 5.26 Å². The zero-order valence-electron chi connectivity index (χ0n) is 9.91. The molecule has 4 nitrogen and oxygen atoms in total. The van der Waals surface area contributed by atoms with E-state index in [2.05, 4.69) is 11.9 Å². The highest BCUT2D eigenvalue weighted by Gasteiger charge is 2.17. The summed E-state index contributed by atoms with van der Waals surface area (Å²) >= 11 is 0. The smallest absolute Gasteiger partial charge is 0.338 e. The number of carbonyl (C=O) groups is 1. The van der Waals surface area contributed by atoms with Gasteiger partial charge in [0.1, 0.15) is 0 Å². The van der Waals surface area contributed by atoms with Gasteiger partial charge < -0.3 is 10.1 Å². The average molecular weight is 230 g/mol. The first-order valence-electron chi connectivity index (χ1n) is 5.23. The minimum absolute atomic E-state index is 0.188. The molecular weight excluding hydrogens is 216 g/mol. The standard InChI is InChI=1S/C13H14N2O2/c1-4-17-13(16)9(2)12-10(8-14)6-5-7-11(12)15-3/h5-7,15H,2,4H2,1,3H3. The molecule has 88 valence electrons. The SMILES string of the molecule is C=C(C(=O)OCC)c1c(C#N)cccc1NC. The molecule has 4 heteroatoms. The molecule has 0 aliphatic rings. The molecule has 0 bridgehead atoms. The predicted molar refractivity (Wildman–Crippen MR) is 66.4 cm³/mol. The second-order valence-corrected chi connectivity index (χ2v) is 3.29. The van der Waals surface area contributed by atoms with Crippen LogP contribution in [0.4, 0.5) is 5.69 Å². The van der Waals surface area contributed by atoms with E-state index in [9.17, 15) is 4.79 Å². The van der Waals surface area contributed by atoms with Crippen molar-refractivity contribution in [3.05, 3.63) is 35.9 Å². The Morgan fingerprint density at radius 1 is 1.59 bits per heavy atom. The van der Waals surface area contributed by atoms with Crippen LogP contribution in [0.1, 0.15) is 18.1 Å². The van der Waals surface area contributed by atoms with Crippen LogP contribution in [0.15, 0.2) is 24.8 Å². The van der Waals surface area contributed by atoms with Gasteiger partial charge >= 0.3 is 5.97 Å². The summed E-state index contributed by atoms with van der Waals surface area (Å²) in [7, 11) is 1.72. The molecule has 0 saturated carbocycles. The Hall–Kier alpha value is -2.28. The minimum atomic E-state index is -0.508. The number of hydrogen-bond donors (Lipinski definition) is 1. The monoisotopic (exact) mass is 230 g/mol. The molecule has 0 spiro atoms. The van der Waals surface area contributed by atoms with Gasteiger partial charge in [-0.2, -0.15) is 5.26 Å². The van der Waals surface area contributed by atoms with Crippen LogP contribution in [0.25, 0.3) is 5.57 Å². The molecule has 0 heterocycles. The van der Waals surface area contributed by atoms with Gasteiger partial charge in [-0.15, -0.1) is 0 Å². The zero-order chi connectivity index (χ0) is 12.8. The molecule has 17 heavy (non-hydrogen) atoms. The normalized spacial score (nSPS) is 9.24. The maximum atomic E-state index is 11.6. The molecule has 0 radical (unpaired) electrons. The Morgan fingerprint density at radius 3 is 2.82 bits per heavy atom. The molecule has 0 aliphatic carbocycles. The summed E-state index contributed by atoms with van der Waals surface area (Å²) in [6.45, 7) is 5.70. The number of rotatable bonds is 4. The molecule has 0 aromatic heterocycles. The van der Waals surface area contributed by atoms with Crippen LogP contribution in [-0.4, -0.2) is 19.6 Å². The minimum Gasteiger partial charge on any atom is -0.462 e. The van der Waals surface area contributed by atoms with Crippen LogP contribution in [0.2, 0.25) is 0 Å². The maximum Gasteiger partial charge on any atom is 0.338 e. The third kappa shape index (κ3) is 2.64. The fraction of sp³-hybridized carbons (Fsp3) is 0.231. The number of esters is 1. The van der Waals surface area contributed by atoms with Gasteiger partial charge in [0, 0.05) is 18.3 Å². The number of carbonyl (C=O) groups excluding carboxylic acids is 1. The number of anilines is 1. The van der Waals surface area contributed by atoms with E-state index in [1.807, 2.05) is 6.07 Å². The Morgan fingerprint density at radius 2 is 2.29 bits per heavy atom. The first-order chi connectivity index (χ1) is 8.15. The van der Waals surface area contributed by atoms with E-state index >= 15 is 0 Å². The quantitative estimate of drug-likeness (QED) is 0.636. The van der Waals surface area contributed by atoms with Gasteiger partial charge in [0.15, 0.2) is 0 Å². The molecule has 0 saturated heterocycles. The molecule has 0 atom stereocenters. The summed E-state index contributed by atoms with van der Waals surface area (Å²) in [5.41, 5.74) is 1.77. The maximum absolute atomic E-state index is 11.6. The van der Waals surface area contributed by atoms with E-state index in [1.54, 1.807) is 32.2 Å². The number of nitrogens with one attached hydrogen (secondary N) is 1. The highest BCUT2D eigenvalue weighted by Crippen LogP contribution is 2.27. The van der Waals surface area contributed by atoms with Crippen molar-refractivity contribution in [2.45, 2.75) is 6.92 Å².